The molecule has 1 aromatic heterocycles. The van der Waals surface area contributed by atoms with Crippen molar-refractivity contribution in [3.05, 3.63) is 17.0 Å². The van der Waals surface area contributed by atoms with Crippen molar-refractivity contribution in [2.75, 3.05) is 47.0 Å². The second kappa shape index (κ2) is 8.23. The number of methoxy groups -OCH3 is 2. The van der Waals surface area contributed by atoms with Crippen LogP contribution in [-0.2, 0) is 24.3 Å². The number of rotatable bonds is 6. The molecule has 2 N–H and O–H groups in total. The number of amides is 1. The van der Waals surface area contributed by atoms with Crippen LogP contribution in [0.2, 0.25) is 0 Å². The van der Waals surface area contributed by atoms with E-state index in [1.807, 2.05) is 0 Å². The lowest BCUT2D eigenvalue weighted by Gasteiger charge is -2.34. The third kappa shape index (κ3) is 4.36. The number of sulfonamides is 1. The Morgan fingerprint density at radius 2 is 1.92 bits per heavy atom. The van der Waals surface area contributed by atoms with E-state index in [-0.39, 0.29) is 48.5 Å². The van der Waals surface area contributed by atoms with Gasteiger partial charge in [-0.25, -0.2) is 13.2 Å². The highest BCUT2D eigenvalue weighted by Crippen LogP contribution is 2.25. The predicted octanol–water partition coefficient (Wildman–Crippen LogP) is -0.659. The van der Waals surface area contributed by atoms with Gasteiger partial charge in [0.1, 0.15) is 10.3 Å². The molecule has 9 nitrogen and oxygen atoms in total. The molecule has 140 valence electrons. The third-order valence-electron chi connectivity index (χ3n) is 3.80. The number of nitrogens with zero attached hydrogens (tertiary/aromatic N) is 2. The monoisotopic (exact) mass is 391 g/mol. The smallest absolute Gasteiger partial charge is 0.338 e. The van der Waals surface area contributed by atoms with Gasteiger partial charge >= 0.3 is 5.97 Å². The molecule has 1 aliphatic heterocycles. The maximum Gasteiger partial charge on any atom is 0.338 e. The summed E-state index contributed by atoms with van der Waals surface area (Å²) in [5.41, 5.74) is 5.92. The van der Waals surface area contributed by atoms with Gasteiger partial charge in [-0.2, -0.15) is 4.31 Å². The third-order valence-corrected chi connectivity index (χ3v) is 7.12. The zero-order valence-corrected chi connectivity index (χ0v) is 15.6. The molecule has 1 unspecified atom stereocenters. The molecule has 11 heteroatoms. The van der Waals surface area contributed by atoms with E-state index in [9.17, 15) is 18.0 Å². The van der Waals surface area contributed by atoms with Crippen molar-refractivity contribution < 1.29 is 27.5 Å². The Bertz CT molecular complexity index is 725. The summed E-state index contributed by atoms with van der Waals surface area (Å²) in [6.07, 6.45) is 0. The van der Waals surface area contributed by atoms with Crippen molar-refractivity contribution in [2.45, 2.75) is 10.3 Å². The van der Waals surface area contributed by atoms with E-state index >= 15 is 0 Å². The molecule has 1 aromatic rings. The minimum atomic E-state index is -3.71. The molecule has 2 rings (SSSR count). The van der Waals surface area contributed by atoms with Gasteiger partial charge in [0.25, 0.3) is 10.0 Å². The zero-order valence-electron chi connectivity index (χ0n) is 14.0. The van der Waals surface area contributed by atoms with Crippen LogP contribution in [0, 0.1) is 0 Å². The van der Waals surface area contributed by atoms with Gasteiger partial charge in [-0.15, -0.1) is 11.3 Å². The van der Waals surface area contributed by atoms with Crippen molar-refractivity contribution in [3.8, 4) is 0 Å². The lowest BCUT2D eigenvalue weighted by molar-refractivity contribution is -0.134. The molecule has 0 spiro atoms. The first-order valence-corrected chi connectivity index (χ1v) is 9.83. The van der Waals surface area contributed by atoms with Gasteiger partial charge in [0.2, 0.25) is 5.91 Å². The van der Waals surface area contributed by atoms with Gasteiger partial charge in [0.15, 0.2) is 0 Å². The van der Waals surface area contributed by atoms with E-state index in [1.165, 1.54) is 34.9 Å². The molecule has 2 heterocycles. The summed E-state index contributed by atoms with van der Waals surface area (Å²) in [6.45, 7) is 0.955. The van der Waals surface area contributed by atoms with Crippen molar-refractivity contribution in [1.82, 2.24) is 9.21 Å². The minimum absolute atomic E-state index is 0.0729. The van der Waals surface area contributed by atoms with Crippen LogP contribution in [-0.4, -0.2) is 82.5 Å². The highest BCUT2D eigenvalue weighted by molar-refractivity contribution is 7.91. The summed E-state index contributed by atoms with van der Waals surface area (Å²) in [7, 11) is -1.02. The maximum atomic E-state index is 12.7. The summed E-state index contributed by atoms with van der Waals surface area (Å²) < 4.78 is 36.1. The first-order chi connectivity index (χ1) is 11.8. The number of piperazine rings is 1. The lowest BCUT2D eigenvalue weighted by Crippen LogP contribution is -2.55. The number of carbonyl (C=O) groups is 2. The number of ether oxygens (including phenoxy) is 2. The quantitative estimate of drug-likeness (QED) is 0.640. The molecule has 25 heavy (non-hydrogen) atoms. The first kappa shape index (κ1) is 19.8. The van der Waals surface area contributed by atoms with Crippen LogP contribution in [0.15, 0.2) is 15.7 Å². The molecular weight excluding hydrogens is 370 g/mol. The largest absolute Gasteiger partial charge is 0.465 e. The summed E-state index contributed by atoms with van der Waals surface area (Å²) in [5.74, 6) is -0.844. The Morgan fingerprint density at radius 3 is 2.48 bits per heavy atom. The lowest BCUT2D eigenvalue weighted by atomic mass is 10.2. The van der Waals surface area contributed by atoms with Crippen LogP contribution in [0.4, 0.5) is 0 Å². The Hall–Kier alpha value is -1.53. The van der Waals surface area contributed by atoms with Gasteiger partial charge in [0, 0.05) is 38.7 Å². The maximum absolute atomic E-state index is 12.7. The molecule has 0 aliphatic carbocycles. The molecule has 0 saturated carbocycles. The number of hydrogen-bond acceptors (Lipinski definition) is 8. The first-order valence-electron chi connectivity index (χ1n) is 7.51. The van der Waals surface area contributed by atoms with E-state index in [0.717, 1.165) is 11.3 Å². The predicted molar refractivity (Wildman–Crippen MR) is 90.8 cm³/mol. The van der Waals surface area contributed by atoms with Crippen molar-refractivity contribution in [1.29, 1.82) is 0 Å². The van der Waals surface area contributed by atoms with E-state index in [1.54, 1.807) is 0 Å². The Balaban J connectivity index is 2.03. The Kier molecular flexibility index (Phi) is 6.52. The molecule has 1 fully saturated rings. The van der Waals surface area contributed by atoms with Crippen molar-refractivity contribution in [3.63, 3.8) is 0 Å². The number of nitrogens with two attached hydrogens (primary N) is 1. The molecule has 1 atom stereocenters. The molecule has 1 aliphatic rings. The van der Waals surface area contributed by atoms with E-state index in [4.69, 9.17) is 10.5 Å². The molecule has 0 aromatic carbocycles. The number of carbonyl (C=O) groups excluding carboxylic acids is 2. The fourth-order valence-corrected chi connectivity index (χ4v) is 5.16. The van der Waals surface area contributed by atoms with Gasteiger partial charge in [-0.05, 0) is 6.07 Å². The van der Waals surface area contributed by atoms with Crippen LogP contribution in [0.3, 0.4) is 0 Å². The number of hydrogen-bond donors (Lipinski definition) is 1. The van der Waals surface area contributed by atoms with E-state index < -0.39 is 22.0 Å². The summed E-state index contributed by atoms with van der Waals surface area (Å²) in [5, 5.41) is 1.45. The van der Waals surface area contributed by atoms with Crippen LogP contribution < -0.4 is 5.73 Å². The highest BCUT2D eigenvalue weighted by Gasteiger charge is 2.32. The summed E-state index contributed by atoms with van der Waals surface area (Å²) in [6, 6.07) is 0.547. The summed E-state index contributed by atoms with van der Waals surface area (Å²) >= 11 is 0.965. The topological polar surface area (TPSA) is 119 Å². The van der Waals surface area contributed by atoms with Crippen molar-refractivity contribution in [2.24, 2.45) is 5.73 Å². The second-order valence-electron chi connectivity index (χ2n) is 5.44. The fourth-order valence-electron chi connectivity index (χ4n) is 2.44. The van der Waals surface area contributed by atoms with E-state index in [2.05, 4.69) is 4.74 Å². The molecule has 0 radical (unpaired) electrons. The molecule has 1 saturated heterocycles. The van der Waals surface area contributed by atoms with Gasteiger partial charge < -0.3 is 20.1 Å². The van der Waals surface area contributed by atoms with Crippen LogP contribution >= 0.6 is 11.3 Å². The van der Waals surface area contributed by atoms with Crippen LogP contribution in [0.25, 0.3) is 0 Å². The average Bonchev–Trinajstić information content (AvgIpc) is 3.11. The fraction of sp³-hybridized carbons (Fsp3) is 0.571. The molecular formula is C14H21N3O6S2. The van der Waals surface area contributed by atoms with Gasteiger partial charge in [-0.3, -0.25) is 4.79 Å². The van der Waals surface area contributed by atoms with Crippen LogP contribution in [0.5, 0.6) is 0 Å². The molecule has 1 amide bonds. The summed E-state index contributed by atoms with van der Waals surface area (Å²) in [4.78, 5) is 25.1. The SMILES string of the molecule is COCC(N)C(=O)N1CCN(S(=O)(=O)c2cc(C(=O)OC)cs2)CC1. The molecule has 0 bridgehead atoms. The van der Waals surface area contributed by atoms with Gasteiger partial charge in [0.05, 0.1) is 19.3 Å². The minimum Gasteiger partial charge on any atom is -0.465 e. The number of esters is 1. The second-order valence-corrected chi connectivity index (χ2v) is 8.51. The highest BCUT2D eigenvalue weighted by atomic mass is 32.2. The average molecular weight is 391 g/mol. The van der Waals surface area contributed by atoms with Crippen LogP contribution in [0.1, 0.15) is 10.4 Å². The van der Waals surface area contributed by atoms with Crippen molar-refractivity contribution >= 4 is 33.2 Å². The Morgan fingerprint density at radius 1 is 1.28 bits per heavy atom. The Labute approximate surface area is 150 Å². The normalized spacial score (nSPS) is 17.3. The number of thiophene rings is 1. The zero-order chi connectivity index (χ0) is 18.6. The van der Waals surface area contributed by atoms with E-state index in [0.29, 0.717) is 0 Å². The van der Waals surface area contributed by atoms with Gasteiger partial charge in [-0.1, -0.05) is 0 Å². The standard InChI is InChI=1S/C14H21N3O6S2/c1-22-8-11(15)13(18)16-3-5-17(6-4-16)25(20,21)12-7-10(9-24-12)14(19)23-2/h7,9,11H,3-6,8,15H2,1-2H3.